The molecule has 76 heavy (non-hydrogen) atoms. The molecular formula is C56H70FN9O9S. The number of pyridine rings is 2. The van der Waals surface area contributed by atoms with Crippen molar-refractivity contribution < 1.29 is 46.8 Å². The monoisotopic (exact) mass is 1060 g/mol. The second-order valence-corrected chi connectivity index (χ2v) is 23.5. The van der Waals surface area contributed by atoms with Gasteiger partial charge in [-0.2, -0.15) is 0 Å². The van der Waals surface area contributed by atoms with Crippen molar-refractivity contribution in [1.29, 1.82) is 0 Å². The molecule has 4 aromatic rings. The number of sulfonamides is 1. The highest BCUT2D eigenvalue weighted by Crippen LogP contribution is 2.54. The first-order valence-corrected chi connectivity index (χ1v) is 27.9. The summed E-state index contributed by atoms with van der Waals surface area (Å²) in [7, 11) is -1.94. The Bertz CT molecular complexity index is 3030. The zero-order valence-corrected chi connectivity index (χ0v) is 45.0. The van der Waals surface area contributed by atoms with Crippen LogP contribution in [-0.2, 0) is 19.6 Å². The lowest BCUT2D eigenvalue weighted by Gasteiger charge is -2.58. The van der Waals surface area contributed by atoms with Crippen LogP contribution >= 0.6 is 0 Å². The summed E-state index contributed by atoms with van der Waals surface area (Å²) < 4.78 is 57.3. The molecule has 3 amide bonds. The molecule has 2 aromatic heterocycles. The number of rotatable bonds is 15. The second kappa shape index (κ2) is 21.9. The van der Waals surface area contributed by atoms with Gasteiger partial charge in [0, 0.05) is 75.2 Å². The molecule has 2 saturated carbocycles. The van der Waals surface area contributed by atoms with Crippen LogP contribution in [0.5, 0.6) is 17.4 Å². The molecule has 0 radical (unpaired) electrons. The Labute approximate surface area is 444 Å². The normalized spacial score (nSPS) is 22.1. The summed E-state index contributed by atoms with van der Waals surface area (Å²) in [5.41, 5.74) is 3.11. The van der Waals surface area contributed by atoms with Crippen LogP contribution in [0.15, 0.2) is 78.3 Å². The zero-order chi connectivity index (χ0) is 54.3. The third-order valence-corrected chi connectivity index (χ3v) is 17.5. The van der Waals surface area contributed by atoms with Gasteiger partial charge in [0.05, 0.1) is 43.3 Å². The van der Waals surface area contributed by atoms with E-state index in [-0.39, 0.29) is 75.0 Å². The van der Waals surface area contributed by atoms with E-state index in [2.05, 4.69) is 67.7 Å². The number of hydrogen-bond acceptors (Lipinski definition) is 14. The third kappa shape index (κ3) is 11.3. The Morgan fingerprint density at radius 1 is 1.01 bits per heavy atom. The molecular weight excluding hydrogens is 994 g/mol. The number of piperidine rings is 1. The molecule has 18 nitrogen and oxygen atoms in total. The van der Waals surface area contributed by atoms with Gasteiger partial charge in [0.1, 0.15) is 16.5 Å². The van der Waals surface area contributed by atoms with Gasteiger partial charge < -0.3 is 45.3 Å². The van der Waals surface area contributed by atoms with Crippen LogP contribution in [0.1, 0.15) is 124 Å². The smallest absolute Gasteiger partial charge is 0.311 e. The van der Waals surface area contributed by atoms with Crippen LogP contribution in [0.25, 0.3) is 11.4 Å². The van der Waals surface area contributed by atoms with E-state index in [0.717, 1.165) is 44.7 Å². The number of halogens is 1. The van der Waals surface area contributed by atoms with E-state index < -0.39 is 49.1 Å². The molecule has 9 rings (SSSR count). The van der Waals surface area contributed by atoms with E-state index in [1.165, 1.54) is 49.6 Å². The number of ether oxygens (including phenoxy) is 2. The fourth-order valence-electron chi connectivity index (χ4n) is 11.7. The molecule has 5 N–H and O–H groups in total. The Balaban J connectivity index is 0.932. The number of quaternary nitrogens is 1. The number of aromatic nitrogens is 2. The Morgan fingerprint density at radius 2 is 1.74 bits per heavy atom. The lowest BCUT2D eigenvalue weighted by molar-refractivity contribution is -0.751. The zero-order valence-electron chi connectivity index (χ0n) is 44.2. The highest BCUT2D eigenvalue weighted by Gasteiger charge is 2.50. The number of amides is 3. The number of hydrogen-bond donors (Lipinski definition) is 5. The van der Waals surface area contributed by atoms with Crippen molar-refractivity contribution in [1.82, 2.24) is 29.8 Å². The number of fused-ring (bicyclic) bond motifs is 1. The molecule has 3 aliphatic carbocycles. The van der Waals surface area contributed by atoms with Crippen molar-refractivity contribution in [3.05, 3.63) is 107 Å². The van der Waals surface area contributed by atoms with Crippen molar-refractivity contribution in [2.45, 2.75) is 108 Å². The van der Waals surface area contributed by atoms with Gasteiger partial charge in [-0.15, -0.1) is 0 Å². The fraction of sp³-hybridized carbons (Fsp3) is 0.482. The van der Waals surface area contributed by atoms with E-state index in [9.17, 15) is 33.1 Å². The summed E-state index contributed by atoms with van der Waals surface area (Å²) in [5.74, 6) is -2.05. The summed E-state index contributed by atoms with van der Waals surface area (Å²) >= 11 is 0. The summed E-state index contributed by atoms with van der Waals surface area (Å²) in [5, 5.41) is 28.7. The molecule has 2 unspecified atom stereocenters. The topological polar surface area (TPSA) is 223 Å². The number of methoxy groups -OCH3 is 1. The van der Waals surface area contributed by atoms with E-state index >= 15 is 4.39 Å². The van der Waals surface area contributed by atoms with E-state index in [0.29, 0.717) is 69.9 Å². The van der Waals surface area contributed by atoms with Gasteiger partial charge in [-0.25, -0.2) is 27.5 Å². The first-order valence-electron chi connectivity index (χ1n) is 26.4. The lowest BCUT2D eigenvalue weighted by Crippen LogP contribution is -2.98. The maximum Gasteiger partial charge on any atom is 0.311 e. The number of anilines is 2. The Hall–Kier alpha value is -6.45. The molecule has 2 aliphatic heterocycles. The summed E-state index contributed by atoms with van der Waals surface area (Å²) in [6, 6.07) is 16.1. The van der Waals surface area contributed by atoms with E-state index in [1.807, 2.05) is 19.1 Å². The summed E-state index contributed by atoms with van der Waals surface area (Å²) in [6.45, 7) is 15.6. The SMILES string of the molecule is C=C1C=C(F)c2cc(Oc3cc(N4CCC5(CC4)CC(N4CCN(C(=O)C(=O)NCC)CC4c4ccccc4C(C)C)C5)ccc3C(=O)NS(=O)(=O)c3cnc(NCC4CCC(C)(O)CC4)c([NH+](C)[O-])c3)c(OC)nc21. The van der Waals surface area contributed by atoms with Crippen LogP contribution in [0.2, 0.25) is 0 Å². The number of nitrogens with zero attached hydrogens (tertiary/aromatic N) is 5. The standard InChI is InChI=1S/C56H70FN9O9S/c1-8-58-52(68)54(69)65-23-24-66(46(33-65)41-12-10-9-11-40(41)34(2)3)38-29-56(30-38)19-21-64(22-20-56)37-13-14-42(47(26-37)75-48-28-43-44(57)25-35(4)49(43)61-53(48)74-7)51(67)62-76(72,73)39-27-45(63(6)71)50(60-32-39)59-31-36-15-17-55(5,70)18-16-36/h9-14,25-28,32,34,36,38,46,63,70H,4,8,15-24,29-31,33H2,1-3,5-7H3,(H,58,68)(H,59,60)(H,62,67). The molecule has 20 heteroatoms. The molecule has 5 aliphatic rings. The molecule has 406 valence electrons. The average molecular weight is 1060 g/mol. The number of hydroxylamine groups is 1. The van der Waals surface area contributed by atoms with Gasteiger partial charge in [-0.3, -0.25) is 19.3 Å². The van der Waals surface area contributed by atoms with Gasteiger partial charge in [-0.1, -0.05) is 44.7 Å². The number of nitrogens with one attached hydrogen (secondary N) is 4. The van der Waals surface area contributed by atoms with Gasteiger partial charge >= 0.3 is 11.8 Å². The molecule has 0 bridgehead atoms. The third-order valence-electron chi connectivity index (χ3n) is 16.2. The van der Waals surface area contributed by atoms with Crippen molar-refractivity contribution in [2.75, 3.05) is 70.2 Å². The second-order valence-electron chi connectivity index (χ2n) is 21.8. The minimum Gasteiger partial charge on any atom is -0.629 e. The predicted octanol–water partition coefficient (Wildman–Crippen LogP) is 6.62. The Morgan fingerprint density at radius 3 is 2.42 bits per heavy atom. The van der Waals surface area contributed by atoms with Crippen molar-refractivity contribution in [2.24, 2.45) is 11.3 Å². The quantitative estimate of drug-likeness (QED) is 0.0624. The average Bonchev–Trinajstić information content (AvgIpc) is 3.67. The van der Waals surface area contributed by atoms with Gasteiger partial charge in [0.25, 0.3) is 21.8 Å². The van der Waals surface area contributed by atoms with Crippen molar-refractivity contribution in [3.63, 3.8) is 0 Å². The van der Waals surface area contributed by atoms with Crippen LogP contribution < -0.4 is 34.8 Å². The van der Waals surface area contributed by atoms with Crippen molar-refractivity contribution >= 4 is 56.3 Å². The van der Waals surface area contributed by atoms with E-state index in [4.69, 9.17) is 9.47 Å². The molecule has 2 aromatic carbocycles. The highest BCUT2D eigenvalue weighted by atomic mass is 32.2. The first kappa shape index (κ1) is 54.3. The largest absolute Gasteiger partial charge is 0.629 e. The number of allylic oxidation sites excluding steroid dienone is 2. The highest BCUT2D eigenvalue weighted by molar-refractivity contribution is 7.90. The van der Waals surface area contributed by atoms with Gasteiger partial charge in [0.2, 0.25) is 0 Å². The minimum atomic E-state index is -4.62. The fourth-order valence-corrected chi connectivity index (χ4v) is 12.7. The number of carbonyl (C=O) groups excluding carboxylic acids is 3. The predicted molar refractivity (Wildman–Crippen MR) is 287 cm³/mol. The maximum absolute atomic E-state index is 15.2. The molecule has 4 fully saturated rings. The van der Waals surface area contributed by atoms with Gasteiger partial charge in [0.15, 0.2) is 17.3 Å². The minimum absolute atomic E-state index is 0.0105. The van der Waals surface area contributed by atoms with E-state index in [1.54, 1.807) is 24.0 Å². The number of carbonyl (C=O) groups is 3. The van der Waals surface area contributed by atoms with Crippen LogP contribution in [0, 0.1) is 16.5 Å². The van der Waals surface area contributed by atoms with Gasteiger partial charge in [-0.05, 0) is 123 Å². The van der Waals surface area contributed by atoms with Crippen LogP contribution in [0.3, 0.4) is 0 Å². The molecule has 2 saturated heterocycles. The number of aliphatic hydroxyl groups is 1. The number of piperazine rings is 1. The molecule has 2 atom stereocenters. The number of benzene rings is 2. The maximum atomic E-state index is 15.2. The van der Waals surface area contributed by atoms with Crippen LogP contribution in [0.4, 0.5) is 21.6 Å². The summed E-state index contributed by atoms with van der Waals surface area (Å²) in [6.07, 6.45) is 8.92. The summed E-state index contributed by atoms with van der Waals surface area (Å²) in [4.78, 5) is 55.1. The molecule has 1 spiro atoms. The Kier molecular flexibility index (Phi) is 15.6. The van der Waals surface area contributed by atoms with Crippen molar-refractivity contribution in [3.8, 4) is 17.4 Å². The lowest BCUT2D eigenvalue weighted by atomic mass is 9.59. The molecule has 4 heterocycles. The first-order chi connectivity index (χ1) is 36.2. The van der Waals surface area contributed by atoms with Crippen LogP contribution in [-0.4, -0.2) is 123 Å². The number of likely N-dealkylation sites (N-methyl/N-ethyl adjacent to an activating group) is 1.